The van der Waals surface area contributed by atoms with Crippen molar-refractivity contribution in [2.45, 2.75) is 0 Å². The number of carbonyl (C=O) groups is 1. The van der Waals surface area contributed by atoms with Crippen LogP contribution in [0.25, 0.3) is 16.7 Å². The number of rotatable bonds is 3. The van der Waals surface area contributed by atoms with Crippen molar-refractivity contribution < 1.29 is 18.0 Å². The highest BCUT2D eigenvalue weighted by Gasteiger charge is 2.29. The molecule has 3 aromatic rings. The van der Waals surface area contributed by atoms with Crippen LogP contribution in [0.3, 0.4) is 0 Å². The van der Waals surface area contributed by atoms with Crippen LogP contribution in [-0.2, 0) is 4.79 Å². The molecule has 4 rings (SSSR count). The number of benzene rings is 3. The van der Waals surface area contributed by atoms with E-state index in [1.165, 1.54) is 0 Å². The zero-order valence-electron chi connectivity index (χ0n) is 14.0. The standard InChI is InChI=1S/C23H13F3O/c24-19-11-16(12-20(25)22(19)26)17-13-18(14-7-3-1-4-8-14)23(27)21(17)15-9-5-2-6-10-15/h1-13H. The lowest BCUT2D eigenvalue weighted by Gasteiger charge is -2.08. The summed E-state index contributed by atoms with van der Waals surface area (Å²) in [6, 6.07) is 19.7. The predicted molar refractivity (Wildman–Crippen MR) is 99.0 cm³/mol. The summed E-state index contributed by atoms with van der Waals surface area (Å²) in [5.74, 6) is -4.36. The molecular weight excluding hydrogens is 349 g/mol. The Hall–Kier alpha value is -3.40. The summed E-state index contributed by atoms with van der Waals surface area (Å²) in [6.07, 6.45) is 1.60. The molecule has 0 amide bonds. The van der Waals surface area contributed by atoms with Crippen LogP contribution in [0.5, 0.6) is 0 Å². The lowest BCUT2D eigenvalue weighted by molar-refractivity contribution is -0.108. The van der Waals surface area contributed by atoms with E-state index in [1.54, 1.807) is 54.6 Å². The Bertz CT molecular complexity index is 1070. The third-order valence-corrected chi connectivity index (χ3v) is 4.47. The smallest absolute Gasteiger partial charge is 0.194 e. The van der Waals surface area contributed by atoms with Crippen LogP contribution in [0.2, 0.25) is 0 Å². The molecule has 27 heavy (non-hydrogen) atoms. The van der Waals surface area contributed by atoms with Crippen molar-refractivity contribution in [3.63, 3.8) is 0 Å². The van der Waals surface area contributed by atoms with Gasteiger partial charge in [0, 0.05) is 11.1 Å². The Morgan fingerprint density at radius 1 is 0.630 bits per heavy atom. The van der Waals surface area contributed by atoms with E-state index in [0.717, 1.165) is 12.1 Å². The average Bonchev–Trinajstić information content (AvgIpc) is 3.04. The third kappa shape index (κ3) is 2.99. The van der Waals surface area contributed by atoms with Gasteiger partial charge in [-0.3, -0.25) is 4.79 Å². The van der Waals surface area contributed by atoms with Crippen LogP contribution < -0.4 is 0 Å². The van der Waals surface area contributed by atoms with Crippen molar-refractivity contribution in [1.82, 2.24) is 0 Å². The fraction of sp³-hybridized carbons (Fsp3) is 0. The highest BCUT2D eigenvalue weighted by atomic mass is 19.2. The van der Waals surface area contributed by atoms with Gasteiger partial charge in [0.05, 0.1) is 0 Å². The van der Waals surface area contributed by atoms with Crippen molar-refractivity contribution in [1.29, 1.82) is 0 Å². The van der Waals surface area contributed by atoms with Gasteiger partial charge in [-0.2, -0.15) is 0 Å². The summed E-state index contributed by atoms with van der Waals surface area (Å²) in [5.41, 5.74) is 2.57. The molecule has 1 nitrogen and oxygen atoms in total. The first kappa shape index (κ1) is 17.0. The second-order valence-electron chi connectivity index (χ2n) is 6.16. The van der Waals surface area contributed by atoms with E-state index in [-0.39, 0.29) is 11.3 Å². The van der Waals surface area contributed by atoms with Gasteiger partial charge in [0.25, 0.3) is 0 Å². The molecule has 0 spiro atoms. The maximum atomic E-state index is 13.8. The average molecular weight is 362 g/mol. The van der Waals surface area contributed by atoms with Crippen LogP contribution in [0.1, 0.15) is 16.7 Å². The molecule has 0 saturated heterocycles. The lowest BCUT2D eigenvalue weighted by atomic mass is 9.94. The monoisotopic (exact) mass is 362 g/mol. The summed E-state index contributed by atoms with van der Waals surface area (Å²) in [6.45, 7) is 0. The van der Waals surface area contributed by atoms with Crippen LogP contribution in [0.4, 0.5) is 13.2 Å². The van der Waals surface area contributed by atoms with Gasteiger partial charge in [-0.05, 0) is 40.5 Å². The zero-order valence-corrected chi connectivity index (χ0v) is 14.0. The fourth-order valence-electron chi connectivity index (χ4n) is 3.20. The molecule has 1 aliphatic carbocycles. The van der Waals surface area contributed by atoms with Crippen molar-refractivity contribution in [2.75, 3.05) is 0 Å². The maximum absolute atomic E-state index is 13.8. The largest absolute Gasteiger partial charge is 0.289 e. The molecule has 0 N–H and O–H groups in total. The van der Waals surface area contributed by atoms with E-state index in [2.05, 4.69) is 0 Å². The molecule has 132 valence electrons. The molecule has 0 saturated carbocycles. The van der Waals surface area contributed by atoms with E-state index >= 15 is 0 Å². The van der Waals surface area contributed by atoms with Crippen molar-refractivity contribution in [2.24, 2.45) is 0 Å². The van der Waals surface area contributed by atoms with E-state index in [9.17, 15) is 18.0 Å². The lowest BCUT2D eigenvalue weighted by Crippen LogP contribution is -2.02. The molecule has 0 heterocycles. The molecule has 0 bridgehead atoms. The van der Waals surface area contributed by atoms with E-state index in [4.69, 9.17) is 0 Å². The zero-order chi connectivity index (χ0) is 19.0. The molecule has 0 radical (unpaired) electrons. The Kier molecular flexibility index (Phi) is 4.24. The topological polar surface area (TPSA) is 17.1 Å². The molecule has 4 heteroatoms. The van der Waals surface area contributed by atoms with Crippen molar-refractivity contribution in [3.8, 4) is 0 Å². The van der Waals surface area contributed by atoms with E-state index in [1.807, 2.05) is 12.1 Å². The number of allylic oxidation sites excluding steroid dienone is 4. The van der Waals surface area contributed by atoms with E-state index < -0.39 is 17.5 Å². The first-order valence-electron chi connectivity index (χ1n) is 8.32. The van der Waals surface area contributed by atoms with Crippen LogP contribution in [-0.4, -0.2) is 5.78 Å². The van der Waals surface area contributed by atoms with Gasteiger partial charge in [0.2, 0.25) is 0 Å². The number of Topliss-reactive ketones (excluding diaryl/α,β-unsaturated/α-hetero) is 1. The number of halogens is 3. The third-order valence-electron chi connectivity index (χ3n) is 4.47. The minimum atomic E-state index is -1.53. The Morgan fingerprint density at radius 2 is 1.15 bits per heavy atom. The van der Waals surface area contributed by atoms with E-state index in [0.29, 0.717) is 27.8 Å². The molecule has 0 aromatic heterocycles. The Labute approximate surface area is 154 Å². The molecule has 0 unspecified atom stereocenters. The molecule has 0 fully saturated rings. The predicted octanol–water partition coefficient (Wildman–Crippen LogP) is 5.68. The minimum absolute atomic E-state index is 0.115. The van der Waals surface area contributed by atoms with Gasteiger partial charge in [0.1, 0.15) is 0 Å². The van der Waals surface area contributed by atoms with Gasteiger partial charge >= 0.3 is 0 Å². The Morgan fingerprint density at radius 3 is 1.70 bits per heavy atom. The van der Waals surface area contributed by atoms with Crippen LogP contribution >= 0.6 is 0 Å². The van der Waals surface area contributed by atoms with Crippen LogP contribution in [0.15, 0.2) is 78.9 Å². The Balaban J connectivity index is 1.95. The van der Waals surface area contributed by atoms with Crippen molar-refractivity contribution in [3.05, 3.63) is 113 Å². The fourth-order valence-corrected chi connectivity index (χ4v) is 3.20. The quantitative estimate of drug-likeness (QED) is 0.548. The van der Waals surface area contributed by atoms with Gasteiger partial charge in [0.15, 0.2) is 23.2 Å². The van der Waals surface area contributed by atoms with Gasteiger partial charge in [-0.15, -0.1) is 0 Å². The highest BCUT2D eigenvalue weighted by Crippen LogP contribution is 2.40. The number of hydrogen-bond donors (Lipinski definition) is 0. The highest BCUT2D eigenvalue weighted by molar-refractivity contribution is 6.51. The van der Waals surface area contributed by atoms with Gasteiger partial charge < -0.3 is 0 Å². The SMILES string of the molecule is O=C1C(c2ccccc2)=CC(c2cc(F)c(F)c(F)c2)=C1c1ccccc1. The molecule has 1 aliphatic rings. The number of ketones is 1. The first-order valence-corrected chi connectivity index (χ1v) is 8.32. The molecule has 3 aromatic carbocycles. The van der Waals surface area contributed by atoms with Gasteiger partial charge in [-0.1, -0.05) is 60.7 Å². The normalized spacial score (nSPS) is 13.9. The summed E-state index contributed by atoms with van der Waals surface area (Å²) in [4.78, 5) is 13.1. The summed E-state index contributed by atoms with van der Waals surface area (Å²) < 4.78 is 41.0. The molecular formula is C23H13F3O. The molecule has 0 aliphatic heterocycles. The minimum Gasteiger partial charge on any atom is -0.289 e. The number of carbonyl (C=O) groups excluding carboxylic acids is 1. The second kappa shape index (κ2) is 6.72. The summed E-state index contributed by atoms with van der Waals surface area (Å²) in [5, 5.41) is 0. The molecule has 0 atom stereocenters. The summed E-state index contributed by atoms with van der Waals surface area (Å²) in [7, 11) is 0. The maximum Gasteiger partial charge on any atom is 0.194 e. The van der Waals surface area contributed by atoms with Gasteiger partial charge in [-0.25, -0.2) is 13.2 Å². The van der Waals surface area contributed by atoms with Crippen LogP contribution in [0, 0.1) is 17.5 Å². The first-order chi connectivity index (χ1) is 13.1. The second-order valence-corrected chi connectivity index (χ2v) is 6.16. The van der Waals surface area contributed by atoms with Crippen molar-refractivity contribution >= 4 is 22.5 Å². The summed E-state index contributed by atoms with van der Waals surface area (Å²) >= 11 is 0. The number of hydrogen-bond acceptors (Lipinski definition) is 1.